The molecule has 0 radical (unpaired) electrons. The average molecular weight is 609 g/mol. The third-order valence-electron chi connectivity index (χ3n) is 8.92. The molecule has 2 aliphatic carbocycles. The smallest absolute Gasteiger partial charge is 0.338 e. The standard InChI is InChI=1S/C32H32F4N6O2/c33-23-9-11-24(12-10-23)42-17-27(28(40-42)25-3-1-2-4-26(25)29(43)39-31(18-37)13-14-31)21-7-5-20(6-8-21)22-15-41(16-22)30(44)38-19-32(34,35)36/h5-12,17,22,25-26H,1-4,13-16,19H2,(H,38,44)(H,39,43)/t25?,26-/m1/s1. The predicted molar refractivity (Wildman–Crippen MR) is 153 cm³/mol. The molecule has 3 amide bonds. The van der Waals surface area contributed by atoms with E-state index in [1.807, 2.05) is 35.8 Å². The molecule has 2 N–H and O–H groups in total. The van der Waals surface area contributed by atoms with Crippen LogP contribution in [0.15, 0.2) is 54.7 Å². The average Bonchev–Trinajstić information content (AvgIpc) is 3.62. The van der Waals surface area contributed by atoms with E-state index in [0.29, 0.717) is 38.0 Å². The molecule has 1 aromatic heterocycles. The summed E-state index contributed by atoms with van der Waals surface area (Å²) < 4.78 is 52.7. The molecule has 6 rings (SSSR count). The molecule has 8 nitrogen and oxygen atoms in total. The van der Waals surface area contributed by atoms with Crippen molar-refractivity contribution in [2.45, 2.75) is 62.1 Å². The molecule has 3 fully saturated rings. The molecule has 0 bridgehead atoms. The van der Waals surface area contributed by atoms with Crippen molar-refractivity contribution in [3.8, 4) is 22.9 Å². The molecule has 3 aromatic rings. The number of nitrogens with zero attached hydrogens (tertiary/aromatic N) is 4. The largest absolute Gasteiger partial charge is 0.405 e. The van der Waals surface area contributed by atoms with Gasteiger partial charge in [-0.15, -0.1) is 0 Å². The summed E-state index contributed by atoms with van der Waals surface area (Å²) in [6.45, 7) is -0.724. The Hall–Kier alpha value is -4.40. The fraction of sp³-hybridized carbons (Fsp3) is 0.438. The zero-order chi connectivity index (χ0) is 31.1. The molecule has 0 spiro atoms. The second-order valence-electron chi connectivity index (χ2n) is 12.0. The van der Waals surface area contributed by atoms with Crippen LogP contribution in [0.25, 0.3) is 16.8 Å². The van der Waals surface area contributed by atoms with Gasteiger partial charge in [-0.3, -0.25) is 4.79 Å². The third-order valence-corrected chi connectivity index (χ3v) is 8.92. The number of rotatable bonds is 7. The minimum Gasteiger partial charge on any atom is -0.338 e. The summed E-state index contributed by atoms with van der Waals surface area (Å²) in [5, 5.41) is 19.4. The highest BCUT2D eigenvalue weighted by Gasteiger charge is 2.47. The maximum Gasteiger partial charge on any atom is 0.405 e. The highest BCUT2D eigenvalue weighted by Crippen LogP contribution is 2.43. The van der Waals surface area contributed by atoms with E-state index in [-0.39, 0.29) is 29.5 Å². The molecule has 12 heteroatoms. The quantitative estimate of drug-likeness (QED) is 0.331. The van der Waals surface area contributed by atoms with Gasteiger partial charge in [0, 0.05) is 42.6 Å². The van der Waals surface area contributed by atoms with Crippen LogP contribution in [0.5, 0.6) is 0 Å². The van der Waals surface area contributed by atoms with Gasteiger partial charge in [0.1, 0.15) is 17.9 Å². The summed E-state index contributed by atoms with van der Waals surface area (Å²) in [5.74, 6) is -0.998. The molecule has 2 heterocycles. The number of urea groups is 1. The molecule has 3 aliphatic rings. The monoisotopic (exact) mass is 608 g/mol. The van der Waals surface area contributed by atoms with Gasteiger partial charge in [-0.2, -0.15) is 23.5 Å². The normalized spacial score (nSPS) is 21.2. The number of halogens is 4. The second-order valence-corrected chi connectivity index (χ2v) is 12.0. The number of hydrogen-bond donors (Lipinski definition) is 2. The van der Waals surface area contributed by atoms with Gasteiger partial charge in [0.15, 0.2) is 0 Å². The van der Waals surface area contributed by atoms with Crippen molar-refractivity contribution < 1.29 is 27.2 Å². The molecule has 44 heavy (non-hydrogen) atoms. The topological polar surface area (TPSA) is 103 Å². The van der Waals surface area contributed by atoms with Crippen LogP contribution >= 0.6 is 0 Å². The van der Waals surface area contributed by atoms with Gasteiger partial charge in [0.25, 0.3) is 0 Å². The number of carbonyl (C=O) groups is 2. The van der Waals surface area contributed by atoms with E-state index in [1.165, 1.54) is 17.0 Å². The Kier molecular flexibility index (Phi) is 7.82. The van der Waals surface area contributed by atoms with Crippen LogP contribution < -0.4 is 10.6 Å². The second kappa shape index (κ2) is 11.6. The molecule has 2 atom stereocenters. The Bertz CT molecular complexity index is 1570. The Labute approximate surface area is 252 Å². The van der Waals surface area contributed by atoms with E-state index in [2.05, 4.69) is 11.4 Å². The fourth-order valence-corrected chi connectivity index (χ4v) is 6.18. The summed E-state index contributed by atoms with van der Waals surface area (Å²) in [6, 6.07) is 15.3. The summed E-state index contributed by atoms with van der Waals surface area (Å²) in [7, 11) is 0. The Morgan fingerprint density at radius 2 is 1.70 bits per heavy atom. The lowest BCUT2D eigenvalue weighted by molar-refractivity contribution is -0.127. The molecule has 1 saturated heterocycles. The molecule has 230 valence electrons. The number of carbonyl (C=O) groups excluding carboxylic acids is 2. The SMILES string of the molecule is N#CC1(NC(=O)[C@@H]2CCCCC2c2nn(-c3ccc(F)cc3)cc2-c2ccc(C3CN(C(=O)NCC(F)(F)F)C3)cc2)CC1. The summed E-state index contributed by atoms with van der Waals surface area (Å²) in [4.78, 5) is 26.8. The Morgan fingerprint density at radius 1 is 1.02 bits per heavy atom. The molecule has 1 unspecified atom stereocenters. The number of hydrogen-bond acceptors (Lipinski definition) is 4. The van der Waals surface area contributed by atoms with Crippen LogP contribution in [0.4, 0.5) is 22.4 Å². The number of nitriles is 1. The maximum atomic E-state index is 13.7. The van der Waals surface area contributed by atoms with Crippen LogP contribution in [0.2, 0.25) is 0 Å². The Balaban J connectivity index is 1.24. The van der Waals surface area contributed by atoms with Crippen molar-refractivity contribution in [2.24, 2.45) is 5.92 Å². The van der Waals surface area contributed by atoms with Crippen molar-refractivity contribution in [1.82, 2.24) is 25.3 Å². The van der Waals surface area contributed by atoms with E-state index >= 15 is 0 Å². The lowest BCUT2D eigenvalue weighted by Crippen LogP contribution is -2.53. The number of aromatic nitrogens is 2. The summed E-state index contributed by atoms with van der Waals surface area (Å²) >= 11 is 0. The van der Waals surface area contributed by atoms with E-state index in [9.17, 15) is 32.4 Å². The van der Waals surface area contributed by atoms with E-state index in [0.717, 1.165) is 41.6 Å². The number of amides is 3. The number of alkyl halides is 3. The molecule has 2 aromatic carbocycles. The van der Waals surface area contributed by atoms with Crippen LogP contribution in [-0.2, 0) is 4.79 Å². The highest BCUT2D eigenvalue weighted by atomic mass is 19.4. The first-order valence-corrected chi connectivity index (χ1v) is 14.8. The lowest BCUT2D eigenvalue weighted by atomic mass is 9.75. The highest BCUT2D eigenvalue weighted by molar-refractivity contribution is 5.82. The number of benzene rings is 2. The van der Waals surface area contributed by atoms with Gasteiger partial charge >= 0.3 is 12.2 Å². The van der Waals surface area contributed by atoms with E-state index < -0.39 is 24.3 Å². The van der Waals surface area contributed by atoms with Gasteiger partial charge in [-0.05, 0) is 61.1 Å². The summed E-state index contributed by atoms with van der Waals surface area (Å²) in [5.41, 5.74) is 3.35. The lowest BCUT2D eigenvalue weighted by Gasteiger charge is -2.39. The van der Waals surface area contributed by atoms with Crippen LogP contribution in [0, 0.1) is 23.1 Å². The molecular formula is C32H32F4N6O2. The van der Waals surface area contributed by atoms with Crippen molar-refractivity contribution >= 4 is 11.9 Å². The van der Waals surface area contributed by atoms with Crippen LogP contribution in [0.3, 0.4) is 0 Å². The molecule has 2 saturated carbocycles. The van der Waals surface area contributed by atoms with Gasteiger partial charge in [-0.25, -0.2) is 13.9 Å². The van der Waals surface area contributed by atoms with E-state index in [4.69, 9.17) is 5.10 Å². The fourth-order valence-electron chi connectivity index (χ4n) is 6.18. The first kappa shape index (κ1) is 29.7. The number of nitrogens with one attached hydrogen (secondary N) is 2. The summed E-state index contributed by atoms with van der Waals surface area (Å²) in [6.07, 6.45) is 2.02. The molecular weight excluding hydrogens is 576 g/mol. The maximum absolute atomic E-state index is 13.7. The van der Waals surface area contributed by atoms with Crippen molar-refractivity contribution in [3.63, 3.8) is 0 Å². The van der Waals surface area contributed by atoms with Crippen LogP contribution in [0.1, 0.15) is 61.6 Å². The first-order chi connectivity index (χ1) is 21.0. The van der Waals surface area contributed by atoms with Crippen molar-refractivity contribution in [1.29, 1.82) is 5.26 Å². The minimum absolute atomic E-state index is 0.00314. The zero-order valence-electron chi connectivity index (χ0n) is 23.9. The van der Waals surface area contributed by atoms with Crippen molar-refractivity contribution in [2.75, 3.05) is 19.6 Å². The zero-order valence-corrected chi connectivity index (χ0v) is 23.9. The predicted octanol–water partition coefficient (Wildman–Crippen LogP) is 5.80. The van der Waals surface area contributed by atoms with E-state index in [1.54, 1.807) is 16.8 Å². The first-order valence-electron chi connectivity index (χ1n) is 14.8. The van der Waals surface area contributed by atoms with Gasteiger partial charge < -0.3 is 15.5 Å². The third kappa shape index (κ3) is 6.27. The van der Waals surface area contributed by atoms with Gasteiger partial charge in [0.05, 0.1) is 17.5 Å². The van der Waals surface area contributed by atoms with Crippen molar-refractivity contribution in [3.05, 3.63) is 71.8 Å². The minimum atomic E-state index is -4.46. The van der Waals surface area contributed by atoms with Crippen LogP contribution in [-0.4, -0.2) is 58.0 Å². The Morgan fingerprint density at radius 3 is 2.34 bits per heavy atom. The number of likely N-dealkylation sites (tertiary alicyclic amines) is 1. The molecule has 1 aliphatic heterocycles. The van der Waals surface area contributed by atoms with Gasteiger partial charge in [0.2, 0.25) is 5.91 Å². The van der Waals surface area contributed by atoms with Gasteiger partial charge in [-0.1, -0.05) is 37.1 Å².